The number of piperidine rings is 1. The van der Waals surface area contributed by atoms with Crippen LogP contribution in [0.3, 0.4) is 0 Å². The van der Waals surface area contributed by atoms with Crippen LogP contribution in [0, 0.1) is 0 Å². The standard InChI is InChI=1S/C17H17N3O4/c21-16(14-10-19-15(11-18-14)17(22)23)20-8-6-13(7-9-20)24-12-4-2-1-3-5-12/h1-5,10-11,13H,6-9H2,(H,22,23). The van der Waals surface area contributed by atoms with E-state index in [9.17, 15) is 9.59 Å². The Balaban J connectivity index is 1.56. The summed E-state index contributed by atoms with van der Waals surface area (Å²) in [5.41, 5.74) is -0.0241. The number of benzene rings is 1. The normalized spacial score (nSPS) is 15.1. The van der Waals surface area contributed by atoms with E-state index in [0.717, 1.165) is 24.8 Å². The van der Waals surface area contributed by atoms with Crippen LogP contribution in [-0.4, -0.2) is 51.0 Å². The second-order valence-corrected chi connectivity index (χ2v) is 5.51. The van der Waals surface area contributed by atoms with E-state index in [1.54, 1.807) is 4.90 Å². The number of carbonyl (C=O) groups is 2. The number of rotatable bonds is 4. The van der Waals surface area contributed by atoms with Gasteiger partial charge in [-0.2, -0.15) is 0 Å². The Labute approximate surface area is 138 Å². The maximum absolute atomic E-state index is 12.4. The van der Waals surface area contributed by atoms with Crippen molar-refractivity contribution in [2.24, 2.45) is 0 Å². The van der Waals surface area contributed by atoms with Crippen LogP contribution in [0.4, 0.5) is 0 Å². The zero-order valence-electron chi connectivity index (χ0n) is 13.0. The van der Waals surface area contributed by atoms with Gasteiger partial charge in [-0.25, -0.2) is 14.8 Å². The van der Waals surface area contributed by atoms with Gasteiger partial charge in [-0.3, -0.25) is 4.79 Å². The third-order valence-corrected chi connectivity index (χ3v) is 3.87. The summed E-state index contributed by atoms with van der Waals surface area (Å²) in [5, 5.41) is 8.80. The first-order chi connectivity index (χ1) is 11.6. The van der Waals surface area contributed by atoms with Crippen LogP contribution in [0.1, 0.15) is 33.8 Å². The molecule has 0 bridgehead atoms. The van der Waals surface area contributed by atoms with Crippen molar-refractivity contribution in [2.75, 3.05) is 13.1 Å². The van der Waals surface area contributed by atoms with E-state index < -0.39 is 5.97 Å². The molecular formula is C17H17N3O4. The number of hydrogen-bond donors (Lipinski definition) is 1. The fourth-order valence-electron chi connectivity index (χ4n) is 2.58. The molecule has 1 aromatic carbocycles. The van der Waals surface area contributed by atoms with Crippen molar-refractivity contribution >= 4 is 11.9 Å². The minimum atomic E-state index is -1.17. The first kappa shape index (κ1) is 15.9. The lowest BCUT2D eigenvalue weighted by atomic mass is 10.1. The van der Waals surface area contributed by atoms with Gasteiger partial charge in [-0.05, 0) is 12.1 Å². The topological polar surface area (TPSA) is 92.6 Å². The molecule has 1 N–H and O–H groups in total. The molecule has 1 aromatic heterocycles. The van der Waals surface area contributed by atoms with E-state index in [0.29, 0.717) is 13.1 Å². The minimum absolute atomic E-state index is 0.0805. The van der Waals surface area contributed by atoms with Crippen LogP contribution in [0.15, 0.2) is 42.7 Å². The lowest BCUT2D eigenvalue weighted by Gasteiger charge is -2.32. The first-order valence-electron chi connectivity index (χ1n) is 7.70. The van der Waals surface area contributed by atoms with Gasteiger partial charge in [0.2, 0.25) is 0 Å². The van der Waals surface area contributed by atoms with Crippen molar-refractivity contribution in [2.45, 2.75) is 18.9 Å². The molecule has 2 heterocycles. The first-order valence-corrected chi connectivity index (χ1v) is 7.70. The fourth-order valence-corrected chi connectivity index (χ4v) is 2.58. The fraction of sp³-hybridized carbons (Fsp3) is 0.294. The predicted molar refractivity (Wildman–Crippen MR) is 85.0 cm³/mol. The van der Waals surface area contributed by atoms with Crippen molar-refractivity contribution < 1.29 is 19.4 Å². The lowest BCUT2D eigenvalue weighted by Crippen LogP contribution is -2.42. The van der Waals surface area contributed by atoms with E-state index >= 15 is 0 Å². The summed E-state index contributed by atoms with van der Waals surface area (Å²) < 4.78 is 5.90. The zero-order valence-corrected chi connectivity index (χ0v) is 13.0. The molecule has 1 fully saturated rings. The summed E-state index contributed by atoms with van der Waals surface area (Å²) in [5.74, 6) is -0.574. The number of para-hydroxylation sites is 1. The van der Waals surface area contributed by atoms with E-state index in [-0.39, 0.29) is 23.4 Å². The van der Waals surface area contributed by atoms with E-state index in [1.807, 2.05) is 30.3 Å². The summed E-state index contributed by atoms with van der Waals surface area (Å²) in [6, 6.07) is 9.61. The molecule has 124 valence electrons. The number of likely N-dealkylation sites (tertiary alicyclic amines) is 1. The van der Waals surface area contributed by atoms with Crippen LogP contribution in [0.5, 0.6) is 5.75 Å². The molecule has 7 nitrogen and oxygen atoms in total. The Bertz CT molecular complexity index is 710. The molecule has 0 radical (unpaired) electrons. The number of aromatic carboxylic acids is 1. The van der Waals surface area contributed by atoms with Gasteiger partial charge in [0, 0.05) is 25.9 Å². The number of carboxylic acids is 1. The van der Waals surface area contributed by atoms with Gasteiger partial charge in [-0.15, -0.1) is 0 Å². The molecule has 2 aromatic rings. The van der Waals surface area contributed by atoms with Crippen LogP contribution in [0.25, 0.3) is 0 Å². The molecule has 0 aliphatic carbocycles. The number of carbonyl (C=O) groups excluding carboxylic acids is 1. The summed E-state index contributed by atoms with van der Waals surface area (Å²) in [6.45, 7) is 1.14. The second kappa shape index (κ2) is 7.08. The highest BCUT2D eigenvalue weighted by atomic mass is 16.5. The summed E-state index contributed by atoms with van der Waals surface area (Å²) in [4.78, 5) is 32.5. The number of amides is 1. The highest BCUT2D eigenvalue weighted by molar-refractivity contribution is 5.92. The van der Waals surface area contributed by atoms with Gasteiger partial charge in [0.05, 0.1) is 12.4 Å². The Morgan fingerprint density at radius 2 is 1.67 bits per heavy atom. The molecule has 3 rings (SSSR count). The smallest absolute Gasteiger partial charge is 0.356 e. The van der Waals surface area contributed by atoms with Gasteiger partial charge < -0.3 is 14.7 Å². The molecule has 24 heavy (non-hydrogen) atoms. The van der Waals surface area contributed by atoms with E-state index in [1.165, 1.54) is 6.20 Å². The van der Waals surface area contributed by atoms with Crippen molar-refractivity contribution in [3.05, 3.63) is 54.1 Å². The highest BCUT2D eigenvalue weighted by Crippen LogP contribution is 2.19. The van der Waals surface area contributed by atoms with E-state index in [2.05, 4.69) is 9.97 Å². The van der Waals surface area contributed by atoms with Crippen LogP contribution in [-0.2, 0) is 0 Å². The number of carboxylic acid groups (broad SMARTS) is 1. The van der Waals surface area contributed by atoms with Crippen LogP contribution >= 0.6 is 0 Å². The predicted octanol–water partition coefficient (Wildman–Crippen LogP) is 1.86. The number of ether oxygens (including phenoxy) is 1. The van der Waals surface area contributed by atoms with Crippen LogP contribution < -0.4 is 4.74 Å². The van der Waals surface area contributed by atoms with Crippen molar-refractivity contribution in [1.29, 1.82) is 0 Å². The van der Waals surface area contributed by atoms with Crippen molar-refractivity contribution in [3.8, 4) is 5.75 Å². The van der Waals surface area contributed by atoms with E-state index in [4.69, 9.17) is 9.84 Å². The third-order valence-electron chi connectivity index (χ3n) is 3.87. The SMILES string of the molecule is O=C(O)c1cnc(C(=O)N2CCC(Oc3ccccc3)CC2)cn1. The van der Waals surface area contributed by atoms with Crippen molar-refractivity contribution in [3.63, 3.8) is 0 Å². The molecule has 1 amide bonds. The minimum Gasteiger partial charge on any atom is -0.490 e. The van der Waals surface area contributed by atoms with Gasteiger partial charge in [0.15, 0.2) is 5.69 Å². The summed E-state index contributed by atoms with van der Waals surface area (Å²) in [7, 11) is 0. The molecule has 0 saturated carbocycles. The largest absolute Gasteiger partial charge is 0.490 e. The molecule has 1 aliphatic rings. The second-order valence-electron chi connectivity index (χ2n) is 5.51. The zero-order chi connectivity index (χ0) is 16.9. The third kappa shape index (κ3) is 3.68. The summed E-state index contributed by atoms with van der Waals surface area (Å²) >= 11 is 0. The molecular weight excluding hydrogens is 310 g/mol. The average Bonchev–Trinajstić information content (AvgIpc) is 2.63. The Hall–Kier alpha value is -2.96. The number of aromatic nitrogens is 2. The average molecular weight is 327 g/mol. The molecule has 0 atom stereocenters. The number of nitrogens with zero attached hydrogens (tertiary/aromatic N) is 3. The van der Waals surface area contributed by atoms with Gasteiger partial charge in [0.1, 0.15) is 17.5 Å². The lowest BCUT2D eigenvalue weighted by molar-refractivity contribution is 0.0587. The molecule has 1 aliphatic heterocycles. The summed E-state index contributed by atoms with van der Waals surface area (Å²) in [6.07, 6.45) is 3.86. The molecule has 0 unspecified atom stereocenters. The van der Waals surface area contributed by atoms with Gasteiger partial charge in [-0.1, -0.05) is 18.2 Å². The van der Waals surface area contributed by atoms with Gasteiger partial charge >= 0.3 is 5.97 Å². The Kier molecular flexibility index (Phi) is 4.69. The maximum atomic E-state index is 12.4. The monoisotopic (exact) mass is 327 g/mol. The van der Waals surface area contributed by atoms with Crippen molar-refractivity contribution in [1.82, 2.24) is 14.9 Å². The highest BCUT2D eigenvalue weighted by Gasteiger charge is 2.25. The molecule has 1 saturated heterocycles. The van der Waals surface area contributed by atoms with Gasteiger partial charge in [0.25, 0.3) is 5.91 Å². The Morgan fingerprint density at radius 1 is 1.04 bits per heavy atom. The quantitative estimate of drug-likeness (QED) is 0.921. The number of hydrogen-bond acceptors (Lipinski definition) is 5. The molecule has 0 spiro atoms. The van der Waals surface area contributed by atoms with Crippen LogP contribution in [0.2, 0.25) is 0 Å². The molecule has 7 heteroatoms. The Morgan fingerprint density at radius 3 is 2.25 bits per heavy atom. The maximum Gasteiger partial charge on any atom is 0.356 e.